The standard InChI is InChI=1S/C19H28N2O4/c1-12(2)10-15(17(23)24)21-16(22)14-8-6-13(7-9-14)11-20-18(25)19(3,4)5/h6-9,12,15H,10-11H2,1-5H3,(H,20,25)(H,21,22)(H,23,24)/t15-/m0/s1. The van der Waals surface area contributed by atoms with Crippen LogP contribution in [0.4, 0.5) is 0 Å². The van der Waals surface area contributed by atoms with E-state index in [1.54, 1.807) is 24.3 Å². The highest BCUT2D eigenvalue weighted by Crippen LogP contribution is 2.13. The van der Waals surface area contributed by atoms with Crippen LogP contribution in [0.15, 0.2) is 24.3 Å². The van der Waals surface area contributed by atoms with Crippen LogP contribution in [0, 0.1) is 11.3 Å². The number of carbonyl (C=O) groups excluding carboxylic acids is 2. The highest BCUT2D eigenvalue weighted by Gasteiger charge is 2.22. The fourth-order valence-corrected chi connectivity index (χ4v) is 2.16. The first kappa shape index (κ1) is 20.7. The van der Waals surface area contributed by atoms with Crippen LogP contribution in [0.3, 0.4) is 0 Å². The van der Waals surface area contributed by atoms with E-state index in [-0.39, 0.29) is 11.8 Å². The van der Waals surface area contributed by atoms with Crippen LogP contribution in [-0.4, -0.2) is 28.9 Å². The molecule has 138 valence electrons. The van der Waals surface area contributed by atoms with E-state index in [1.807, 2.05) is 34.6 Å². The average molecular weight is 348 g/mol. The summed E-state index contributed by atoms with van der Waals surface area (Å²) in [6.45, 7) is 9.71. The zero-order valence-electron chi connectivity index (χ0n) is 15.6. The van der Waals surface area contributed by atoms with Crippen LogP contribution in [0.2, 0.25) is 0 Å². The van der Waals surface area contributed by atoms with Crippen molar-refractivity contribution in [1.82, 2.24) is 10.6 Å². The van der Waals surface area contributed by atoms with Gasteiger partial charge in [0.25, 0.3) is 5.91 Å². The molecule has 0 aliphatic carbocycles. The normalized spacial score (nSPS) is 12.6. The Morgan fingerprint density at radius 1 is 1.08 bits per heavy atom. The molecular weight excluding hydrogens is 320 g/mol. The van der Waals surface area contributed by atoms with Crippen molar-refractivity contribution in [3.63, 3.8) is 0 Å². The van der Waals surface area contributed by atoms with Gasteiger partial charge in [-0.1, -0.05) is 46.8 Å². The SMILES string of the molecule is CC(C)C[C@H](NC(=O)c1ccc(CNC(=O)C(C)(C)C)cc1)C(=O)O. The smallest absolute Gasteiger partial charge is 0.326 e. The van der Waals surface area contributed by atoms with Gasteiger partial charge in [0.15, 0.2) is 0 Å². The molecule has 0 radical (unpaired) electrons. The second-order valence-electron chi connectivity index (χ2n) is 7.62. The number of benzene rings is 1. The summed E-state index contributed by atoms with van der Waals surface area (Å²) in [5.74, 6) is -1.34. The first-order valence-corrected chi connectivity index (χ1v) is 8.41. The van der Waals surface area contributed by atoms with Gasteiger partial charge < -0.3 is 15.7 Å². The number of carboxylic acids is 1. The Bertz CT molecular complexity index is 615. The minimum atomic E-state index is -1.04. The molecule has 0 unspecified atom stereocenters. The van der Waals surface area contributed by atoms with Gasteiger partial charge in [-0.05, 0) is 30.0 Å². The van der Waals surface area contributed by atoms with Gasteiger partial charge in [-0.25, -0.2) is 4.79 Å². The average Bonchev–Trinajstić information content (AvgIpc) is 2.50. The Balaban J connectivity index is 2.67. The molecule has 0 heterocycles. The van der Waals surface area contributed by atoms with Gasteiger partial charge in [0, 0.05) is 17.5 Å². The molecule has 1 rings (SSSR count). The van der Waals surface area contributed by atoms with E-state index in [4.69, 9.17) is 0 Å². The largest absolute Gasteiger partial charge is 0.480 e. The molecule has 0 bridgehead atoms. The summed E-state index contributed by atoms with van der Waals surface area (Å²) in [5.41, 5.74) is 0.800. The van der Waals surface area contributed by atoms with Crippen LogP contribution in [0.5, 0.6) is 0 Å². The van der Waals surface area contributed by atoms with E-state index >= 15 is 0 Å². The van der Waals surface area contributed by atoms with Crippen molar-refractivity contribution < 1.29 is 19.5 Å². The number of aliphatic carboxylic acids is 1. The minimum Gasteiger partial charge on any atom is -0.480 e. The lowest BCUT2D eigenvalue weighted by atomic mass is 9.95. The van der Waals surface area contributed by atoms with Crippen molar-refractivity contribution in [1.29, 1.82) is 0 Å². The predicted octanol–water partition coefficient (Wildman–Crippen LogP) is 2.58. The van der Waals surface area contributed by atoms with Crippen LogP contribution in [-0.2, 0) is 16.1 Å². The Morgan fingerprint density at radius 2 is 1.64 bits per heavy atom. The third kappa shape index (κ3) is 6.95. The molecule has 0 saturated heterocycles. The molecule has 6 nitrogen and oxygen atoms in total. The highest BCUT2D eigenvalue weighted by molar-refractivity contribution is 5.96. The second kappa shape index (κ2) is 8.65. The number of hydrogen-bond acceptors (Lipinski definition) is 3. The fourth-order valence-electron chi connectivity index (χ4n) is 2.16. The van der Waals surface area contributed by atoms with Gasteiger partial charge >= 0.3 is 5.97 Å². The molecule has 6 heteroatoms. The molecule has 0 fully saturated rings. The maximum Gasteiger partial charge on any atom is 0.326 e. The van der Waals surface area contributed by atoms with Crippen molar-refractivity contribution >= 4 is 17.8 Å². The summed E-state index contributed by atoms with van der Waals surface area (Å²) in [6, 6.07) is 5.84. The Labute approximate surface area is 149 Å². The summed E-state index contributed by atoms with van der Waals surface area (Å²) in [6.07, 6.45) is 0.373. The van der Waals surface area contributed by atoms with E-state index in [9.17, 15) is 19.5 Å². The first-order valence-electron chi connectivity index (χ1n) is 8.41. The van der Waals surface area contributed by atoms with Crippen molar-refractivity contribution in [3.05, 3.63) is 35.4 Å². The number of hydrogen-bond donors (Lipinski definition) is 3. The zero-order valence-corrected chi connectivity index (χ0v) is 15.6. The van der Waals surface area contributed by atoms with Crippen LogP contribution in [0.1, 0.15) is 57.0 Å². The van der Waals surface area contributed by atoms with Crippen LogP contribution >= 0.6 is 0 Å². The molecule has 25 heavy (non-hydrogen) atoms. The van der Waals surface area contributed by atoms with E-state index < -0.39 is 23.3 Å². The van der Waals surface area contributed by atoms with E-state index in [0.717, 1.165) is 5.56 Å². The second-order valence-corrected chi connectivity index (χ2v) is 7.62. The summed E-state index contributed by atoms with van der Waals surface area (Å²) < 4.78 is 0. The minimum absolute atomic E-state index is 0.0488. The number of nitrogens with one attached hydrogen (secondary N) is 2. The van der Waals surface area contributed by atoms with E-state index in [0.29, 0.717) is 18.5 Å². The van der Waals surface area contributed by atoms with Crippen molar-refractivity contribution in [3.8, 4) is 0 Å². The Morgan fingerprint density at radius 3 is 2.08 bits per heavy atom. The molecule has 1 atom stereocenters. The molecule has 2 amide bonds. The molecule has 0 spiro atoms. The molecule has 0 saturated carbocycles. The third-order valence-electron chi connectivity index (χ3n) is 3.66. The van der Waals surface area contributed by atoms with E-state index in [2.05, 4.69) is 10.6 Å². The number of carbonyl (C=O) groups is 3. The summed E-state index contributed by atoms with van der Waals surface area (Å²) >= 11 is 0. The topological polar surface area (TPSA) is 95.5 Å². The molecule has 1 aromatic carbocycles. The highest BCUT2D eigenvalue weighted by atomic mass is 16.4. The van der Waals surface area contributed by atoms with Gasteiger partial charge in [0.1, 0.15) is 6.04 Å². The Hall–Kier alpha value is -2.37. The van der Waals surface area contributed by atoms with Gasteiger partial charge in [-0.15, -0.1) is 0 Å². The molecular formula is C19H28N2O4. The molecule has 1 aromatic rings. The van der Waals surface area contributed by atoms with Crippen molar-refractivity contribution in [2.24, 2.45) is 11.3 Å². The summed E-state index contributed by atoms with van der Waals surface area (Å²) in [5, 5.41) is 14.6. The molecule has 0 aliphatic heterocycles. The maximum atomic E-state index is 12.2. The number of rotatable bonds is 7. The third-order valence-corrected chi connectivity index (χ3v) is 3.66. The lowest BCUT2D eigenvalue weighted by molar-refractivity contribution is -0.139. The van der Waals surface area contributed by atoms with Gasteiger partial charge in [-0.2, -0.15) is 0 Å². The van der Waals surface area contributed by atoms with Crippen molar-refractivity contribution in [2.45, 2.75) is 53.6 Å². The number of amides is 2. The lowest BCUT2D eigenvalue weighted by Crippen LogP contribution is -2.41. The monoisotopic (exact) mass is 348 g/mol. The summed E-state index contributed by atoms with van der Waals surface area (Å²) in [7, 11) is 0. The zero-order chi connectivity index (χ0) is 19.2. The molecule has 0 aromatic heterocycles. The lowest BCUT2D eigenvalue weighted by Gasteiger charge is -2.18. The Kier molecular flexibility index (Phi) is 7.15. The predicted molar refractivity (Wildman–Crippen MR) is 96.1 cm³/mol. The van der Waals surface area contributed by atoms with Crippen LogP contribution < -0.4 is 10.6 Å². The molecule has 0 aliphatic rings. The van der Waals surface area contributed by atoms with Gasteiger partial charge in [0.05, 0.1) is 0 Å². The summed E-state index contributed by atoms with van der Waals surface area (Å²) in [4.78, 5) is 35.3. The quantitative estimate of drug-likeness (QED) is 0.706. The maximum absolute atomic E-state index is 12.2. The molecule has 3 N–H and O–H groups in total. The fraction of sp³-hybridized carbons (Fsp3) is 0.526. The first-order chi connectivity index (χ1) is 11.5. The van der Waals surface area contributed by atoms with Crippen LogP contribution in [0.25, 0.3) is 0 Å². The van der Waals surface area contributed by atoms with Gasteiger partial charge in [-0.3, -0.25) is 9.59 Å². The van der Waals surface area contributed by atoms with E-state index in [1.165, 1.54) is 0 Å². The van der Waals surface area contributed by atoms with Crippen molar-refractivity contribution in [2.75, 3.05) is 0 Å². The van der Waals surface area contributed by atoms with Gasteiger partial charge in [0.2, 0.25) is 5.91 Å². The number of carboxylic acid groups (broad SMARTS) is 1.